The first-order chi connectivity index (χ1) is 14.4. The second kappa shape index (κ2) is 9.53. The second-order valence-corrected chi connectivity index (χ2v) is 7.79. The number of piperidine rings is 1. The second-order valence-electron chi connectivity index (χ2n) is 7.79. The van der Waals surface area contributed by atoms with Gasteiger partial charge in [0.05, 0.1) is 36.7 Å². The van der Waals surface area contributed by atoms with Crippen LogP contribution in [0.25, 0.3) is 11.0 Å². The van der Waals surface area contributed by atoms with Gasteiger partial charge in [-0.1, -0.05) is 26.0 Å². The molecule has 1 aromatic carbocycles. The molecule has 2 aromatic rings. The molecule has 3 rings (SSSR count). The van der Waals surface area contributed by atoms with E-state index in [2.05, 4.69) is 4.98 Å². The highest BCUT2D eigenvalue weighted by Gasteiger charge is 2.33. The number of aromatic nitrogens is 2. The van der Waals surface area contributed by atoms with Crippen molar-refractivity contribution < 1.29 is 19.1 Å². The number of carbonyl (C=O) groups is 2. The molecule has 0 unspecified atom stereocenters. The van der Waals surface area contributed by atoms with Gasteiger partial charge in [0.15, 0.2) is 11.7 Å². The first-order valence-electron chi connectivity index (χ1n) is 10.1. The number of nitrogens with zero attached hydrogens (tertiary/aromatic N) is 4. The van der Waals surface area contributed by atoms with Crippen LogP contribution in [-0.4, -0.2) is 48.7 Å². The number of fused-ring (bicyclic) bond motifs is 1. The molecule has 0 radical (unpaired) electrons. The van der Waals surface area contributed by atoms with Crippen molar-refractivity contribution in [2.24, 2.45) is 11.8 Å². The van der Waals surface area contributed by atoms with E-state index in [0.29, 0.717) is 48.5 Å². The predicted octanol–water partition coefficient (Wildman–Crippen LogP) is 2.83. The van der Waals surface area contributed by atoms with Crippen LogP contribution in [0.4, 0.5) is 5.82 Å². The van der Waals surface area contributed by atoms with E-state index in [4.69, 9.17) is 14.5 Å². The van der Waals surface area contributed by atoms with Crippen LogP contribution in [0.2, 0.25) is 0 Å². The Labute approximate surface area is 175 Å². The topological polar surface area (TPSA) is 105 Å². The summed E-state index contributed by atoms with van der Waals surface area (Å²) in [4.78, 5) is 35.8. The minimum atomic E-state index is -1.17. The molecule has 1 aliphatic heterocycles. The monoisotopic (exact) mass is 410 g/mol. The smallest absolute Gasteiger partial charge is 0.329 e. The van der Waals surface area contributed by atoms with Crippen LogP contribution >= 0.6 is 0 Å². The summed E-state index contributed by atoms with van der Waals surface area (Å²) < 4.78 is 10.2. The minimum absolute atomic E-state index is 0.160. The molecule has 0 N–H and O–H groups in total. The molecule has 8 heteroatoms. The Morgan fingerprint density at radius 1 is 1.20 bits per heavy atom. The third-order valence-corrected chi connectivity index (χ3v) is 5.10. The maximum Gasteiger partial charge on any atom is 0.329 e. The summed E-state index contributed by atoms with van der Waals surface area (Å²) >= 11 is 0. The number of benzene rings is 1. The molecule has 1 aromatic heterocycles. The molecule has 1 aliphatic rings. The fourth-order valence-corrected chi connectivity index (χ4v) is 3.48. The van der Waals surface area contributed by atoms with E-state index in [1.54, 1.807) is 6.07 Å². The van der Waals surface area contributed by atoms with Crippen LogP contribution in [0.3, 0.4) is 0 Å². The third-order valence-electron chi connectivity index (χ3n) is 5.10. The molecule has 1 fully saturated rings. The van der Waals surface area contributed by atoms with E-state index in [0.717, 1.165) is 0 Å². The van der Waals surface area contributed by atoms with Gasteiger partial charge in [0, 0.05) is 13.1 Å². The molecule has 30 heavy (non-hydrogen) atoms. The fraction of sp³-hybridized carbons (Fsp3) is 0.500. The van der Waals surface area contributed by atoms with Crippen LogP contribution in [-0.2, 0) is 19.1 Å². The van der Waals surface area contributed by atoms with E-state index in [1.165, 1.54) is 7.11 Å². The lowest BCUT2D eigenvalue weighted by Crippen LogP contribution is -2.38. The molecule has 1 atom stereocenters. The van der Waals surface area contributed by atoms with Crippen molar-refractivity contribution >= 4 is 28.8 Å². The summed E-state index contributed by atoms with van der Waals surface area (Å²) in [6.45, 7) is 5.21. The van der Waals surface area contributed by atoms with Crippen LogP contribution in [0.5, 0.6) is 0 Å². The third kappa shape index (κ3) is 4.67. The number of methoxy groups -OCH3 is 1. The van der Waals surface area contributed by atoms with Crippen LogP contribution in [0.15, 0.2) is 24.3 Å². The maximum atomic E-state index is 12.6. The standard InChI is InChI=1S/C22H26N4O4/c1-14(2)13-30-22(28)16(12-23)19-20(25-18-7-5-4-6-17(18)24-19)26-10-8-15(9-11-26)21(27)29-3/h4-7,14-16H,8-11,13H2,1-3H3/t16-/m1/s1. The summed E-state index contributed by atoms with van der Waals surface area (Å²) in [6.07, 6.45) is 1.21. The Morgan fingerprint density at radius 3 is 2.40 bits per heavy atom. The van der Waals surface area contributed by atoms with Gasteiger partial charge in [-0.2, -0.15) is 5.26 Å². The SMILES string of the molecule is COC(=O)C1CCN(c2nc3ccccc3nc2[C@@H](C#N)C(=O)OCC(C)C)CC1. The van der Waals surface area contributed by atoms with Crippen molar-refractivity contribution in [2.45, 2.75) is 32.6 Å². The summed E-state index contributed by atoms with van der Waals surface area (Å²) in [6, 6.07) is 9.38. The summed E-state index contributed by atoms with van der Waals surface area (Å²) in [5.41, 5.74) is 1.58. The lowest BCUT2D eigenvalue weighted by atomic mass is 9.96. The molecule has 0 saturated carbocycles. The fourth-order valence-electron chi connectivity index (χ4n) is 3.48. The molecule has 2 heterocycles. The van der Waals surface area contributed by atoms with Crippen LogP contribution < -0.4 is 4.90 Å². The average molecular weight is 410 g/mol. The number of nitriles is 1. The van der Waals surface area contributed by atoms with Gasteiger partial charge in [0.25, 0.3) is 0 Å². The molecule has 8 nitrogen and oxygen atoms in total. The number of carbonyl (C=O) groups excluding carboxylic acids is 2. The highest BCUT2D eigenvalue weighted by atomic mass is 16.5. The van der Waals surface area contributed by atoms with Crippen LogP contribution in [0, 0.1) is 23.2 Å². The first kappa shape index (κ1) is 21.5. The van der Waals surface area contributed by atoms with Crippen molar-refractivity contribution in [3.63, 3.8) is 0 Å². The predicted molar refractivity (Wildman–Crippen MR) is 111 cm³/mol. The zero-order valence-corrected chi connectivity index (χ0v) is 17.5. The van der Waals surface area contributed by atoms with Crippen molar-refractivity contribution in [2.75, 3.05) is 31.7 Å². The summed E-state index contributed by atoms with van der Waals surface area (Å²) in [5.74, 6) is -1.52. The summed E-state index contributed by atoms with van der Waals surface area (Å²) in [7, 11) is 1.39. The highest BCUT2D eigenvalue weighted by molar-refractivity contribution is 5.85. The molecule has 1 saturated heterocycles. The molecular formula is C22H26N4O4. The highest BCUT2D eigenvalue weighted by Crippen LogP contribution is 2.31. The maximum absolute atomic E-state index is 12.6. The normalized spacial score (nSPS) is 15.6. The van der Waals surface area contributed by atoms with E-state index in [9.17, 15) is 14.9 Å². The number of ether oxygens (including phenoxy) is 2. The van der Waals surface area contributed by atoms with Gasteiger partial charge >= 0.3 is 11.9 Å². The van der Waals surface area contributed by atoms with E-state index in [-0.39, 0.29) is 24.4 Å². The Balaban J connectivity index is 1.95. The largest absolute Gasteiger partial charge is 0.469 e. The number of para-hydroxylation sites is 2. The Bertz CT molecular complexity index is 961. The molecule has 158 valence electrons. The average Bonchev–Trinajstić information content (AvgIpc) is 2.77. The lowest BCUT2D eigenvalue weighted by Gasteiger charge is -2.32. The Kier molecular flexibility index (Phi) is 6.83. The van der Waals surface area contributed by atoms with Gasteiger partial charge in [0.2, 0.25) is 0 Å². The zero-order valence-electron chi connectivity index (χ0n) is 17.5. The summed E-state index contributed by atoms with van der Waals surface area (Å²) in [5, 5.41) is 9.76. The van der Waals surface area contributed by atoms with Gasteiger partial charge in [-0.3, -0.25) is 9.59 Å². The van der Waals surface area contributed by atoms with Gasteiger partial charge in [-0.05, 0) is 30.9 Å². The number of hydrogen-bond acceptors (Lipinski definition) is 8. The molecular weight excluding hydrogens is 384 g/mol. The molecule has 0 amide bonds. The van der Waals surface area contributed by atoms with E-state index < -0.39 is 11.9 Å². The van der Waals surface area contributed by atoms with E-state index >= 15 is 0 Å². The van der Waals surface area contributed by atoms with Gasteiger partial charge in [-0.15, -0.1) is 0 Å². The first-order valence-corrected chi connectivity index (χ1v) is 10.1. The number of esters is 2. The molecule has 0 aliphatic carbocycles. The van der Waals surface area contributed by atoms with Gasteiger partial charge in [-0.25, -0.2) is 9.97 Å². The van der Waals surface area contributed by atoms with Crippen molar-refractivity contribution in [1.82, 2.24) is 9.97 Å². The van der Waals surface area contributed by atoms with Crippen molar-refractivity contribution in [1.29, 1.82) is 5.26 Å². The quantitative estimate of drug-likeness (QED) is 0.670. The van der Waals surface area contributed by atoms with Crippen molar-refractivity contribution in [3.8, 4) is 6.07 Å². The van der Waals surface area contributed by atoms with Crippen LogP contribution in [0.1, 0.15) is 38.3 Å². The Hall–Kier alpha value is -3.21. The lowest BCUT2D eigenvalue weighted by molar-refractivity contribution is -0.146. The zero-order chi connectivity index (χ0) is 21.7. The number of rotatable bonds is 6. The van der Waals surface area contributed by atoms with Gasteiger partial charge < -0.3 is 14.4 Å². The van der Waals surface area contributed by atoms with Gasteiger partial charge in [0.1, 0.15) is 5.69 Å². The minimum Gasteiger partial charge on any atom is -0.469 e. The number of hydrogen-bond donors (Lipinski definition) is 0. The molecule has 0 spiro atoms. The number of anilines is 1. The van der Waals surface area contributed by atoms with Crippen molar-refractivity contribution in [3.05, 3.63) is 30.0 Å². The molecule has 0 bridgehead atoms. The Morgan fingerprint density at radius 2 is 1.83 bits per heavy atom. The van der Waals surface area contributed by atoms with E-state index in [1.807, 2.05) is 43.0 Å².